The zero-order valence-electron chi connectivity index (χ0n) is 18.7. The molecule has 7 atom stereocenters. The van der Waals surface area contributed by atoms with E-state index in [4.69, 9.17) is 4.84 Å². The van der Waals surface area contributed by atoms with Gasteiger partial charge in [0, 0.05) is 23.7 Å². The summed E-state index contributed by atoms with van der Waals surface area (Å²) in [5.74, 6) is 1.32. The van der Waals surface area contributed by atoms with Crippen molar-refractivity contribution >= 4 is 11.5 Å². The molecule has 0 spiro atoms. The summed E-state index contributed by atoms with van der Waals surface area (Å²) in [4.78, 5) is 30.1. The lowest BCUT2D eigenvalue weighted by Gasteiger charge is -2.63. The Morgan fingerprint density at radius 3 is 2.73 bits per heavy atom. The van der Waals surface area contributed by atoms with Crippen LogP contribution in [0.4, 0.5) is 0 Å². The van der Waals surface area contributed by atoms with Crippen LogP contribution in [0, 0.1) is 33.5 Å². The second-order valence-electron chi connectivity index (χ2n) is 10.6. The van der Waals surface area contributed by atoms with Crippen molar-refractivity contribution in [2.75, 3.05) is 20.2 Å². The largest absolute Gasteiger partial charge is 0.396 e. The normalized spacial score (nSPS) is 46.8. The fourth-order valence-electron chi connectivity index (χ4n) is 7.52. The smallest absolute Gasteiger partial charge is 0.139 e. The first-order chi connectivity index (χ1) is 14.3. The second kappa shape index (κ2) is 7.97. The number of hydrogen-bond acceptors (Lipinski definition) is 7. The van der Waals surface area contributed by atoms with Gasteiger partial charge in [-0.15, -0.1) is 0 Å². The maximum atomic E-state index is 12.6. The topological polar surface area (TPSA) is 100 Å². The molecule has 1 unspecified atom stereocenters. The average Bonchev–Trinajstić information content (AvgIpc) is 3.03. The number of oxime groups is 1. The monoisotopic (exact) mass is 419 g/mol. The number of carbonyl (C=O) groups excluding carboxylic acids is 1. The van der Waals surface area contributed by atoms with Gasteiger partial charge in [0.15, 0.2) is 0 Å². The van der Waals surface area contributed by atoms with Gasteiger partial charge in [-0.05, 0) is 76.3 Å². The van der Waals surface area contributed by atoms with Crippen LogP contribution >= 0.6 is 0 Å². The number of hydrogen-bond donors (Lipinski definition) is 2. The number of carbonyl (C=O) groups is 1. The molecule has 7 heteroatoms. The average molecular weight is 420 g/mol. The Balaban J connectivity index is 1.57. The van der Waals surface area contributed by atoms with Gasteiger partial charge in [0.1, 0.15) is 24.0 Å². The van der Waals surface area contributed by atoms with Gasteiger partial charge in [-0.2, -0.15) is 4.91 Å². The van der Waals surface area contributed by atoms with Crippen LogP contribution in [0.25, 0.3) is 0 Å². The van der Waals surface area contributed by atoms with Crippen LogP contribution in [0.1, 0.15) is 71.6 Å². The van der Waals surface area contributed by atoms with Gasteiger partial charge in [0.05, 0.1) is 5.71 Å². The Morgan fingerprint density at radius 2 is 2.00 bits per heavy atom. The summed E-state index contributed by atoms with van der Waals surface area (Å²) < 4.78 is 0. The minimum absolute atomic E-state index is 0.247. The Labute approximate surface area is 179 Å². The molecule has 4 fully saturated rings. The van der Waals surface area contributed by atoms with Crippen LogP contribution in [-0.4, -0.2) is 48.4 Å². The van der Waals surface area contributed by atoms with Crippen LogP contribution in [0.3, 0.4) is 0 Å². The highest BCUT2D eigenvalue weighted by atomic mass is 16.6. The minimum atomic E-state index is -1.18. The molecule has 0 radical (unpaired) electrons. The van der Waals surface area contributed by atoms with Crippen LogP contribution < -0.4 is 5.32 Å². The van der Waals surface area contributed by atoms with Gasteiger partial charge >= 0.3 is 0 Å². The zero-order valence-corrected chi connectivity index (χ0v) is 18.7. The van der Waals surface area contributed by atoms with E-state index in [0.29, 0.717) is 49.4 Å². The maximum absolute atomic E-state index is 12.6. The highest BCUT2D eigenvalue weighted by Crippen LogP contribution is 2.66. The van der Waals surface area contributed by atoms with Crippen LogP contribution in [0.15, 0.2) is 10.3 Å². The number of nitrogens with zero attached hydrogens (tertiary/aromatic N) is 2. The summed E-state index contributed by atoms with van der Waals surface area (Å²) in [5, 5.41) is 22.8. The van der Waals surface area contributed by atoms with E-state index in [1.807, 2.05) is 7.05 Å². The van der Waals surface area contributed by atoms with E-state index in [9.17, 15) is 14.8 Å². The van der Waals surface area contributed by atoms with Crippen molar-refractivity contribution in [2.45, 2.75) is 83.3 Å². The van der Waals surface area contributed by atoms with E-state index in [1.165, 1.54) is 0 Å². The van der Waals surface area contributed by atoms with E-state index in [-0.39, 0.29) is 10.8 Å². The molecule has 0 heterocycles. The van der Waals surface area contributed by atoms with Crippen molar-refractivity contribution in [1.29, 1.82) is 0 Å². The van der Waals surface area contributed by atoms with Gasteiger partial charge in [-0.1, -0.05) is 24.2 Å². The molecule has 0 saturated heterocycles. The van der Waals surface area contributed by atoms with Crippen molar-refractivity contribution in [3.8, 4) is 0 Å². The van der Waals surface area contributed by atoms with Crippen LogP contribution in [-0.2, 0) is 9.63 Å². The molecule has 0 aromatic rings. The molecule has 0 aromatic carbocycles. The Morgan fingerprint density at radius 1 is 1.20 bits per heavy atom. The SMILES string of the molecule is CNCCCON=C1CC[C@]2(C)[C@H]3CC[C@]4(C)C(=O)CC[C@H]4[C@@H]3CC(N=O)[C@@]2(O)C1. The quantitative estimate of drug-likeness (QED) is 0.390. The highest BCUT2D eigenvalue weighted by molar-refractivity contribution is 5.87. The van der Waals surface area contributed by atoms with Crippen LogP contribution in [0.2, 0.25) is 0 Å². The number of Topliss-reactive ketones (excluding diaryl/α,β-unsaturated/α-hetero) is 1. The molecule has 7 nitrogen and oxygen atoms in total. The first kappa shape index (κ1) is 21.9. The third kappa shape index (κ3) is 3.15. The Kier molecular flexibility index (Phi) is 5.81. The lowest BCUT2D eigenvalue weighted by atomic mass is 9.42. The zero-order chi connectivity index (χ0) is 21.6. The lowest BCUT2D eigenvalue weighted by Crippen LogP contribution is -2.67. The van der Waals surface area contributed by atoms with Crippen molar-refractivity contribution in [1.82, 2.24) is 5.32 Å². The maximum Gasteiger partial charge on any atom is 0.139 e. The van der Waals surface area contributed by atoms with E-state index >= 15 is 0 Å². The van der Waals surface area contributed by atoms with Gasteiger partial charge in [-0.25, -0.2) is 0 Å². The van der Waals surface area contributed by atoms with Gasteiger partial charge in [0.2, 0.25) is 0 Å². The second-order valence-corrected chi connectivity index (χ2v) is 10.6. The predicted molar refractivity (Wildman–Crippen MR) is 115 cm³/mol. The third-order valence-corrected chi connectivity index (χ3v) is 9.39. The molecule has 4 rings (SSSR count). The Hall–Kier alpha value is -1.34. The van der Waals surface area contributed by atoms with E-state index < -0.39 is 11.6 Å². The van der Waals surface area contributed by atoms with Crippen LogP contribution in [0.5, 0.6) is 0 Å². The van der Waals surface area contributed by atoms with Gasteiger partial charge in [0.25, 0.3) is 0 Å². The van der Waals surface area contributed by atoms with Crippen molar-refractivity contribution < 1.29 is 14.7 Å². The summed E-state index contributed by atoms with van der Waals surface area (Å²) in [6.07, 6.45) is 6.80. The molecule has 4 aliphatic carbocycles. The van der Waals surface area contributed by atoms with Crippen molar-refractivity contribution in [2.24, 2.45) is 38.9 Å². The molecule has 0 bridgehead atoms. The fourth-order valence-corrected chi connectivity index (χ4v) is 7.52. The standard InChI is InChI=1S/C23H37N3O4/c1-21-9-8-18-16(17(21)5-6-20(21)27)13-19(25-29)23(28)14-15(7-10-22(18,23)2)26-30-12-4-11-24-3/h16-19,24,28H,4-14H2,1-3H3/t16-,17-,18-,19?,21-,22+,23-/m0/s1. The molecule has 168 valence electrons. The number of nitroso groups, excluding NO2 is 1. The summed E-state index contributed by atoms with van der Waals surface area (Å²) >= 11 is 0. The molecule has 4 aliphatic rings. The summed E-state index contributed by atoms with van der Waals surface area (Å²) in [6.45, 7) is 5.70. The molecule has 0 aromatic heterocycles. The number of aliphatic hydroxyl groups is 1. The predicted octanol–water partition coefficient (Wildman–Crippen LogP) is 3.44. The fraction of sp³-hybridized carbons (Fsp3) is 0.913. The van der Waals surface area contributed by atoms with Crippen molar-refractivity contribution in [3.05, 3.63) is 4.91 Å². The number of ketones is 1. The molecule has 2 N–H and O–H groups in total. The highest BCUT2D eigenvalue weighted by Gasteiger charge is 2.68. The van der Waals surface area contributed by atoms with Gasteiger partial charge < -0.3 is 15.3 Å². The van der Waals surface area contributed by atoms with E-state index in [1.54, 1.807) is 0 Å². The van der Waals surface area contributed by atoms with E-state index in [2.05, 4.69) is 29.5 Å². The number of fused-ring (bicyclic) bond motifs is 5. The first-order valence-corrected chi connectivity index (χ1v) is 11.7. The van der Waals surface area contributed by atoms with E-state index in [0.717, 1.165) is 50.8 Å². The summed E-state index contributed by atoms with van der Waals surface area (Å²) in [7, 11) is 1.90. The number of rotatable bonds is 6. The van der Waals surface area contributed by atoms with Gasteiger partial charge in [-0.3, -0.25) is 4.79 Å². The molecule has 0 amide bonds. The summed E-state index contributed by atoms with van der Waals surface area (Å²) in [6, 6.07) is -0.656. The molecular formula is C23H37N3O4. The summed E-state index contributed by atoms with van der Waals surface area (Å²) in [5.41, 5.74) is -0.976. The molecule has 30 heavy (non-hydrogen) atoms. The number of nitrogens with one attached hydrogen (secondary N) is 1. The van der Waals surface area contributed by atoms with Crippen molar-refractivity contribution in [3.63, 3.8) is 0 Å². The Bertz CT molecular complexity index is 727. The molecule has 4 saturated carbocycles. The molecular weight excluding hydrogens is 382 g/mol. The third-order valence-electron chi connectivity index (χ3n) is 9.39. The lowest BCUT2D eigenvalue weighted by molar-refractivity contribution is -0.197. The molecule has 0 aliphatic heterocycles. The minimum Gasteiger partial charge on any atom is -0.396 e. The first-order valence-electron chi connectivity index (χ1n) is 11.7.